The van der Waals surface area contributed by atoms with E-state index in [4.69, 9.17) is 11.5 Å². The van der Waals surface area contributed by atoms with Crippen LogP contribution in [0.2, 0.25) is 0 Å². The Hall–Kier alpha value is -5.38. The van der Waals surface area contributed by atoms with Crippen molar-refractivity contribution >= 4 is 66.7 Å². The van der Waals surface area contributed by atoms with Crippen molar-refractivity contribution < 1.29 is 40.6 Å². The van der Waals surface area contributed by atoms with Gasteiger partial charge in [-0.1, -0.05) is 48.5 Å². The number of carbonyl (C=O) groups excluding carboxylic acids is 4. The minimum absolute atomic E-state index is 0.00111. The second kappa shape index (κ2) is 10.7. The summed E-state index contributed by atoms with van der Waals surface area (Å²) in [7, 11) is -8.19. The summed E-state index contributed by atoms with van der Waals surface area (Å²) in [6.07, 6.45) is 0. The Morgan fingerprint density at radius 3 is 1.40 bits per heavy atom. The molecule has 0 fully saturated rings. The Kier molecular flexibility index (Phi) is 7.03. The number of nitrogens with one attached hydrogen (secondary N) is 2. The van der Waals surface area contributed by atoms with Gasteiger partial charge < -0.3 is 22.1 Å². The number of nitrogens with two attached hydrogens (primary N) is 2. The maximum Gasteiger partial charge on any atom is 0.296 e. The average molecular weight is 647 g/mol. The van der Waals surface area contributed by atoms with Crippen LogP contribution in [-0.4, -0.2) is 57.6 Å². The molecule has 0 unspecified atom stereocenters. The first-order valence-corrected chi connectivity index (χ1v) is 15.8. The van der Waals surface area contributed by atoms with Crippen molar-refractivity contribution in [3.63, 3.8) is 0 Å². The van der Waals surface area contributed by atoms with Crippen molar-refractivity contribution in [3.05, 3.63) is 105 Å². The number of anilines is 4. The van der Waals surface area contributed by atoms with Crippen LogP contribution in [0.5, 0.6) is 0 Å². The van der Waals surface area contributed by atoms with Crippen molar-refractivity contribution in [1.82, 2.24) is 0 Å². The Morgan fingerprint density at radius 1 is 0.622 bits per heavy atom. The van der Waals surface area contributed by atoms with Gasteiger partial charge in [0.05, 0.1) is 38.5 Å². The molecule has 15 heteroatoms. The molecule has 0 spiro atoms. The molecular weight excluding hydrogens is 624 g/mol. The molecule has 0 amide bonds. The van der Waals surface area contributed by atoms with E-state index < -0.39 is 54.5 Å². The number of benzene rings is 4. The molecule has 7 N–H and O–H groups in total. The van der Waals surface area contributed by atoms with Gasteiger partial charge in [0.25, 0.3) is 10.1 Å². The molecule has 0 radical (unpaired) electrons. The molecule has 0 bridgehead atoms. The maximum atomic E-state index is 13.5. The molecule has 0 saturated heterocycles. The van der Waals surface area contributed by atoms with E-state index in [-0.39, 0.29) is 79.6 Å². The lowest BCUT2D eigenvalue weighted by molar-refractivity contribution is 0.0980. The highest BCUT2D eigenvalue weighted by Gasteiger charge is 2.37. The van der Waals surface area contributed by atoms with E-state index in [2.05, 4.69) is 10.6 Å². The van der Waals surface area contributed by atoms with Crippen molar-refractivity contribution in [1.29, 1.82) is 0 Å². The van der Waals surface area contributed by atoms with Gasteiger partial charge in [-0.2, -0.15) is 8.42 Å². The number of thiol groups is 1. The van der Waals surface area contributed by atoms with E-state index >= 15 is 0 Å². The lowest BCUT2D eigenvalue weighted by Crippen LogP contribution is -2.27. The second-order valence-electron chi connectivity index (χ2n) is 10.2. The van der Waals surface area contributed by atoms with E-state index in [0.29, 0.717) is 0 Å². The first-order chi connectivity index (χ1) is 21.3. The minimum Gasteiger partial charge on any atom is -0.397 e. The van der Waals surface area contributed by atoms with Crippen molar-refractivity contribution in [3.8, 4) is 0 Å². The second-order valence-corrected chi connectivity index (χ2v) is 12.6. The molecule has 228 valence electrons. The molecule has 4 aromatic rings. The van der Waals surface area contributed by atoms with Gasteiger partial charge in [-0.25, -0.2) is 8.42 Å². The van der Waals surface area contributed by atoms with Gasteiger partial charge in [0.2, 0.25) is 0 Å². The predicted molar refractivity (Wildman–Crippen MR) is 164 cm³/mol. The fraction of sp³-hybridized carbons (Fsp3) is 0.0667. The van der Waals surface area contributed by atoms with Gasteiger partial charge in [-0.3, -0.25) is 23.7 Å². The molecule has 0 aliphatic heterocycles. The van der Waals surface area contributed by atoms with E-state index in [1.54, 1.807) is 18.2 Å². The third kappa shape index (κ3) is 4.64. The van der Waals surface area contributed by atoms with Crippen LogP contribution >= 0.6 is 0 Å². The van der Waals surface area contributed by atoms with Crippen LogP contribution < -0.4 is 22.1 Å². The molecule has 0 aromatic heterocycles. The van der Waals surface area contributed by atoms with Gasteiger partial charge in [0.15, 0.2) is 33.8 Å². The van der Waals surface area contributed by atoms with Crippen LogP contribution in [0.1, 0.15) is 63.7 Å². The van der Waals surface area contributed by atoms with Crippen LogP contribution in [0.4, 0.5) is 22.7 Å². The highest BCUT2D eigenvalue weighted by atomic mass is 32.2. The lowest BCUT2D eigenvalue weighted by atomic mass is 9.82. The number of fused-ring (bicyclic) bond motifs is 4. The molecule has 2 aliphatic rings. The smallest absolute Gasteiger partial charge is 0.296 e. The van der Waals surface area contributed by atoms with Gasteiger partial charge in [-0.05, 0) is 12.1 Å². The zero-order chi connectivity index (χ0) is 32.4. The third-order valence-electron chi connectivity index (χ3n) is 7.65. The number of hydrogen-bond acceptors (Lipinski definition) is 12. The molecule has 2 aliphatic carbocycles. The molecule has 4 aromatic carbocycles. The first-order valence-electron chi connectivity index (χ1n) is 13.2. The van der Waals surface area contributed by atoms with Gasteiger partial charge in [0, 0.05) is 46.7 Å². The van der Waals surface area contributed by atoms with Crippen LogP contribution in [0.3, 0.4) is 0 Å². The Bertz CT molecular complexity index is 2230. The number of nitrogen functional groups attached to an aromatic ring is 2. The number of carbonyl (C=O) groups is 4. The van der Waals surface area contributed by atoms with Crippen LogP contribution in [-0.2, 0) is 20.8 Å². The predicted octanol–water partition coefficient (Wildman–Crippen LogP) is 2.14. The standard InChI is InChI=1S/C30H22N4O9S2/c31-25-19(44(39)40)11-17(21-23(25)29(37)15-7-3-1-5-13(15)27(21)35)33-9-10-34-18-12-20(45(41,42)43)26(32)24-22(18)28(36)14-6-2-4-8-16(14)30(24)38/h1-8,11-12,33-34,44H,9-10,31-32H2,(H,41,42,43). The fourth-order valence-corrected chi connectivity index (χ4v) is 6.83. The van der Waals surface area contributed by atoms with Gasteiger partial charge in [0.1, 0.15) is 4.90 Å². The summed E-state index contributed by atoms with van der Waals surface area (Å²) in [5, 5.41) is 5.78. The summed E-state index contributed by atoms with van der Waals surface area (Å²) in [4.78, 5) is 52.5. The lowest BCUT2D eigenvalue weighted by Gasteiger charge is -2.24. The number of ketones is 4. The van der Waals surface area contributed by atoms with Crippen LogP contribution in [0, 0.1) is 0 Å². The Morgan fingerprint density at radius 2 is 1.00 bits per heavy atom. The summed E-state index contributed by atoms with van der Waals surface area (Å²) < 4.78 is 58.2. The largest absolute Gasteiger partial charge is 0.397 e. The minimum atomic E-state index is -4.93. The molecule has 13 nitrogen and oxygen atoms in total. The molecule has 0 heterocycles. The summed E-state index contributed by atoms with van der Waals surface area (Å²) in [5.41, 5.74) is 10.3. The van der Waals surface area contributed by atoms with Crippen molar-refractivity contribution in [2.45, 2.75) is 9.79 Å². The maximum absolute atomic E-state index is 13.5. The van der Waals surface area contributed by atoms with E-state index in [0.717, 1.165) is 12.1 Å². The third-order valence-corrected chi connectivity index (χ3v) is 9.30. The summed E-state index contributed by atoms with van der Waals surface area (Å²) in [5.74, 6) is -2.49. The van der Waals surface area contributed by atoms with E-state index in [1.807, 2.05) is 0 Å². The highest BCUT2D eigenvalue weighted by molar-refractivity contribution is 7.86. The average Bonchev–Trinajstić information content (AvgIpc) is 3.00. The van der Waals surface area contributed by atoms with Crippen molar-refractivity contribution in [2.75, 3.05) is 35.2 Å². The normalized spacial score (nSPS) is 13.6. The molecule has 45 heavy (non-hydrogen) atoms. The zero-order valence-electron chi connectivity index (χ0n) is 22.9. The molecule has 6 rings (SSSR count). The van der Waals surface area contributed by atoms with Crippen LogP contribution in [0.15, 0.2) is 70.5 Å². The number of rotatable bonds is 7. The Labute approximate surface area is 256 Å². The molecule has 0 atom stereocenters. The summed E-state index contributed by atoms with van der Waals surface area (Å²) in [6.45, 7) is -0.172. The SMILES string of the molecule is Nc1c([SH](=O)=O)cc(NCCNc2cc(S(=O)(=O)O)c(N)c3c2C(=O)c2ccccc2C3=O)c2c1C(=O)c1ccccc1C2=O. The fourth-order valence-electron chi connectivity index (χ4n) is 5.64. The Balaban J connectivity index is 1.37. The summed E-state index contributed by atoms with van der Waals surface area (Å²) >= 11 is 0. The number of hydrogen-bond donors (Lipinski definition) is 6. The monoisotopic (exact) mass is 646 g/mol. The highest BCUT2D eigenvalue weighted by Crippen LogP contribution is 2.40. The van der Waals surface area contributed by atoms with Gasteiger partial charge >= 0.3 is 0 Å². The van der Waals surface area contributed by atoms with Crippen molar-refractivity contribution in [2.24, 2.45) is 0 Å². The van der Waals surface area contributed by atoms with E-state index in [1.165, 1.54) is 30.3 Å². The van der Waals surface area contributed by atoms with Crippen LogP contribution in [0.25, 0.3) is 0 Å². The summed E-state index contributed by atoms with van der Waals surface area (Å²) in [6, 6.07) is 14.1. The van der Waals surface area contributed by atoms with E-state index in [9.17, 15) is 40.6 Å². The zero-order valence-corrected chi connectivity index (χ0v) is 24.6. The topological polar surface area (TPSA) is 233 Å². The quantitative estimate of drug-likeness (QED) is 0.0632. The first kappa shape index (κ1) is 29.7. The molecular formula is C30H22N4O9S2. The molecule has 0 saturated carbocycles. The van der Waals surface area contributed by atoms with Gasteiger partial charge in [-0.15, -0.1) is 0 Å².